The van der Waals surface area contributed by atoms with Gasteiger partial charge in [-0.15, -0.1) is 0 Å². The van der Waals surface area contributed by atoms with E-state index in [4.69, 9.17) is 4.74 Å². The first-order valence-corrected chi connectivity index (χ1v) is 9.44. The number of benzene rings is 2. The lowest BCUT2D eigenvalue weighted by Gasteiger charge is -2.24. The minimum absolute atomic E-state index is 0.0164. The number of carbonyl (C=O) groups excluding carboxylic acids is 2. The maximum atomic E-state index is 13.0. The van der Waals surface area contributed by atoms with E-state index in [0.717, 1.165) is 5.56 Å². The monoisotopic (exact) mass is 400 g/mol. The zero-order chi connectivity index (χ0) is 21.3. The van der Waals surface area contributed by atoms with Crippen molar-refractivity contribution in [3.8, 4) is 5.75 Å². The topological polar surface area (TPSA) is 79.7 Å². The first-order chi connectivity index (χ1) is 14.5. The van der Waals surface area contributed by atoms with Crippen LogP contribution in [0.1, 0.15) is 22.7 Å². The Labute approximate surface area is 174 Å². The second-order valence-electron chi connectivity index (χ2n) is 7.00. The van der Waals surface area contributed by atoms with Crippen LogP contribution in [0, 0.1) is 6.92 Å². The van der Waals surface area contributed by atoms with E-state index >= 15 is 0 Å². The number of ether oxygens (including phenoxy) is 1. The predicted molar refractivity (Wildman–Crippen MR) is 113 cm³/mol. The van der Waals surface area contributed by atoms with Gasteiger partial charge in [-0.1, -0.05) is 48.0 Å². The summed E-state index contributed by atoms with van der Waals surface area (Å²) in [6.07, 6.45) is 1.56. The van der Waals surface area contributed by atoms with Gasteiger partial charge in [0.15, 0.2) is 0 Å². The summed E-state index contributed by atoms with van der Waals surface area (Å²) >= 11 is 0. The lowest BCUT2D eigenvalue weighted by Crippen LogP contribution is -2.30. The van der Waals surface area contributed by atoms with Gasteiger partial charge in [0.1, 0.15) is 17.3 Å². The smallest absolute Gasteiger partial charge is 0.301 e. The van der Waals surface area contributed by atoms with E-state index in [0.29, 0.717) is 22.7 Å². The molecule has 4 rings (SSSR count). The molecule has 1 aromatic heterocycles. The standard InChI is InChI=1S/C24H20N2O4/c1-15-9-11-16(12-10-15)21-20(22(27)17-6-5-7-18(14-17)30-2)23(28)24(29)26(21)19-8-3-4-13-25-19/h3-14,21,27H,1-2H3/t21-/m1/s1. The van der Waals surface area contributed by atoms with Crippen molar-refractivity contribution in [2.75, 3.05) is 12.0 Å². The second-order valence-corrected chi connectivity index (χ2v) is 7.00. The minimum atomic E-state index is -0.799. The Bertz CT molecular complexity index is 1140. The summed E-state index contributed by atoms with van der Waals surface area (Å²) < 4.78 is 5.22. The van der Waals surface area contributed by atoms with Crippen molar-refractivity contribution < 1.29 is 19.4 Å². The number of hydrogen-bond acceptors (Lipinski definition) is 5. The van der Waals surface area contributed by atoms with Gasteiger partial charge < -0.3 is 9.84 Å². The molecule has 1 aliphatic heterocycles. The second kappa shape index (κ2) is 7.83. The number of Topliss-reactive ketones (excluding diaryl/α,β-unsaturated/α-hetero) is 1. The molecule has 1 fully saturated rings. The lowest BCUT2D eigenvalue weighted by atomic mass is 9.94. The molecule has 2 aromatic carbocycles. The molecule has 6 nitrogen and oxygen atoms in total. The molecule has 1 amide bonds. The Kier molecular flexibility index (Phi) is 5.06. The molecule has 150 valence electrons. The quantitative estimate of drug-likeness (QED) is 0.406. The minimum Gasteiger partial charge on any atom is -0.507 e. The van der Waals surface area contributed by atoms with Crippen LogP contribution in [0.5, 0.6) is 5.75 Å². The fraction of sp³-hybridized carbons (Fsp3) is 0.125. The van der Waals surface area contributed by atoms with Gasteiger partial charge in [0, 0.05) is 11.8 Å². The normalized spacial score (nSPS) is 17.9. The van der Waals surface area contributed by atoms with Crippen LogP contribution in [0.2, 0.25) is 0 Å². The number of hydrogen-bond donors (Lipinski definition) is 1. The van der Waals surface area contributed by atoms with E-state index < -0.39 is 17.7 Å². The maximum Gasteiger partial charge on any atom is 0.301 e. The number of aromatic nitrogens is 1. The van der Waals surface area contributed by atoms with Crippen molar-refractivity contribution in [3.05, 3.63) is 95.2 Å². The number of aliphatic hydroxyl groups is 1. The van der Waals surface area contributed by atoms with Crippen molar-refractivity contribution in [3.63, 3.8) is 0 Å². The number of nitrogens with zero attached hydrogens (tertiary/aromatic N) is 2. The van der Waals surface area contributed by atoms with Crippen molar-refractivity contribution in [2.45, 2.75) is 13.0 Å². The van der Waals surface area contributed by atoms with Crippen molar-refractivity contribution in [2.24, 2.45) is 0 Å². The molecule has 1 saturated heterocycles. The number of methoxy groups -OCH3 is 1. The van der Waals surface area contributed by atoms with E-state index in [1.807, 2.05) is 31.2 Å². The number of aliphatic hydroxyl groups excluding tert-OH is 1. The van der Waals surface area contributed by atoms with Crippen LogP contribution in [0.15, 0.2) is 78.5 Å². The third-order valence-corrected chi connectivity index (χ3v) is 5.08. The Morgan fingerprint density at radius 1 is 1.03 bits per heavy atom. The fourth-order valence-corrected chi connectivity index (χ4v) is 3.56. The molecule has 1 atom stereocenters. The van der Waals surface area contributed by atoms with Gasteiger partial charge in [0.2, 0.25) is 0 Å². The zero-order valence-electron chi connectivity index (χ0n) is 16.6. The zero-order valence-corrected chi connectivity index (χ0v) is 16.6. The van der Waals surface area contributed by atoms with Gasteiger partial charge in [0.05, 0.1) is 18.7 Å². The maximum absolute atomic E-state index is 13.0. The molecular weight excluding hydrogens is 380 g/mol. The van der Waals surface area contributed by atoms with Crippen LogP contribution in [0.25, 0.3) is 5.76 Å². The first-order valence-electron chi connectivity index (χ1n) is 9.44. The van der Waals surface area contributed by atoms with Gasteiger partial charge in [-0.25, -0.2) is 4.98 Å². The van der Waals surface area contributed by atoms with E-state index in [-0.39, 0.29) is 11.3 Å². The van der Waals surface area contributed by atoms with E-state index in [9.17, 15) is 14.7 Å². The molecule has 0 saturated carbocycles. The van der Waals surface area contributed by atoms with E-state index in [2.05, 4.69) is 4.98 Å². The fourth-order valence-electron chi connectivity index (χ4n) is 3.56. The number of pyridine rings is 1. The summed E-state index contributed by atoms with van der Waals surface area (Å²) in [6.45, 7) is 1.95. The highest BCUT2D eigenvalue weighted by Gasteiger charge is 2.47. The molecule has 2 heterocycles. The Balaban J connectivity index is 1.94. The molecule has 6 heteroatoms. The van der Waals surface area contributed by atoms with Crippen LogP contribution in [0.3, 0.4) is 0 Å². The van der Waals surface area contributed by atoms with E-state index in [1.54, 1.807) is 48.7 Å². The summed E-state index contributed by atoms with van der Waals surface area (Å²) in [5.41, 5.74) is 2.16. The molecule has 0 radical (unpaired) electrons. The van der Waals surface area contributed by atoms with Crippen LogP contribution < -0.4 is 9.64 Å². The summed E-state index contributed by atoms with van der Waals surface area (Å²) in [5, 5.41) is 11.1. The molecule has 3 aromatic rings. The Morgan fingerprint density at radius 2 is 1.80 bits per heavy atom. The van der Waals surface area contributed by atoms with Crippen molar-refractivity contribution in [1.82, 2.24) is 4.98 Å². The highest BCUT2D eigenvalue weighted by atomic mass is 16.5. The molecule has 0 aliphatic carbocycles. The summed E-state index contributed by atoms with van der Waals surface area (Å²) in [6, 6.07) is 18.6. The molecular formula is C24H20N2O4. The van der Waals surface area contributed by atoms with Crippen molar-refractivity contribution in [1.29, 1.82) is 0 Å². The third-order valence-electron chi connectivity index (χ3n) is 5.08. The van der Waals surface area contributed by atoms with Crippen molar-refractivity contribution >= 4 is 23.3 Å². The summed E-state index contributed by atoms with van der Waals surface area (Å²) in [5.74, 6) is -0.869. The number of aryl methyl sites for hydroxylation is 1. The Hall–Kier alpha value is -3.93. The highest BCUT2D eigenvalue weighted by Crippen LogP contribution is 2.41. The predicted octanol–water partition coefficient (Wildman–Crippen LogP) is 4.02. The van der Waals surface area contributed by atoms with Crippen LogP contribution in [-0.4, -0.2) is 28.9 Å². The molecule has 1 aliphatic rings. The summed E-state index contributed by atoms with van der Waals surface area (Å²) in [4.78, 5) is 31.6. The summed E-state index contributed by atoms with van der Waals surface area (Å²) in [7, 11) is 1.52. The van der Waals surface area contributed by atoms with Gasteiger partial charge in [-0.3, -0.25) is 14.5 Å². The van der Waals surface area contributed by atoms with Crippen LogP contribution in [0.4, 0.5) is 5.82 Å². The number of anilines is 1. The number of rotatable bonds is 4. The molecule has 30 heavy (non-hydrogen) atoms. The van der Waals surface area contributed by atoms with Gasteiger partial charge in [-0.05, 0) is 36.8 Å². The lowest BCUT2D eigenvalue weighted by molar-refractivity contribution is -0.132. The largest absolute Gasteiger partial charge is 0.507 e. The van der Waals surface area contributed by atoms with Crippen LogP contribution >= 0.6 is 0 Å². The third kappa shape index (κ3) is 3.33. The SMILES string of the molecule is COc1cccc(C(O)=C2C(=O)C(=O)N(c3ccccn3)[C@@H]2c2ccc(C)cc2)c1. The highest BCUT2D eigenvalue weighted by molar-refractivity contribution is 6.51. The molecule has 0 bridgehead atoms. The first kappa shape index (κ1) is 19.4. The number of carbonyl (C=O) groups is 2. The van der Waals surface area contributed by atoms with Gasteiger partial charge >= 0.3 is 5.91 Å². The van der Waals surface area contributed by atoms with Gasteiger partial charge in [-0.2, -0.15) is 0 Å². The van der Waals surface area contributed by atoms with Gasteiger partial charge in [0.25, 0.3) is 5.78 Å². The molecule has 1 N–H and O–H groups in total. The number of amides is 1. The average molecular weight is 400 g/mol. The Morgan fingerprint density at radius 3 is 2.47 bits per heavy atom. The average Bonchev–Trinajstić information content (AvgIpc) is 3.05. The van der Waals surface area contributed by atoms with E-state index in [1.165, 1.54) is 12.0 Å². The van der Waals surface area contributed by atoms with Crippen LogP contribution in [-0.2, 0) is 9.59 Å². The molecule has 0 spiro atoms. The number of ketones is 1. The molecule has 0 unspecified atom stereocenters.